The van der Waals surface area contributed by atoms with Crippen molar-refractivity contribution in [2.24, 2.45) is 5.92 Å². The van der Waals surface area contributed by atoms with Crippen LogP contribution in [0.25, 0.3) is 0 Å². The Morgan fingerprint density at radius 1 is 1.23 bits per heavy atom. The second-order valence-corrected chi connectivity index (χ2v) is 7.62. The van der Waals surface area contributed by atoms with Crippen LogP contribution in [0.4, 0.5) is 23.7 Å². The van der Waals surface area contributed by atoms with Gasteiger partial charge in [-0.05, 0) is 54.7 Å². The molecule has 1 unspecified atom stereocenters. The summed E-state index contributed by atoms with van der Waals surface area (Å²) in [5, 5.41) is 0.0953. The van der Waals surface area contributed by atoms with Gasteiger partial charge in [0.2, 0.25) is 0 Å². The van der Waals surface area contributed by atoms with E-state index in [1.54, 1.807) is 24.3 Å². The normalized spacial score (nSPS) is 20.7. The van der Waals surface area contributed by atoms with Gasteiger partial charge in [0, 0.05) is 16.5 Å². The first-order valence-corrected chi connectivity index (χ1v) is 9.64. The zero-order valence-electron chi connectivity index (χ0n) is 15.9. The number of benzene rings is 2. The third-order valence-corrected chi connectivity index (χ3v) is 5.25. The lowest BCUT2D eigenvalue weighted by molar-refractivity contribution is -0.240. The number of cyclic esters (lactones) is 1. The molecule has 1 aliphatic carbocycles. The molecule has 1 aliphatic heterocycles. The summed E-state index contributed by atoms with van der Waals surface area (Å²) >= 11 is 6.02. The van der Waals surface area contributed by atoms with Gasteiger partial charge in [-0.2, -0.15) is 13.2 Å². The molecule has 1 amide bonds. The average molecular weight is 436 g/mol. The third-order valence-electron chi connectivity index (χ3n) is 5.02. The van der Waals surface area contributed by atoms with Crippen molar-refractivity contribution < 1.29 is 27.4 Å². The van der Waals surface area contributed by atoms with E-state index in [1.165, 1.54) is 25.3 Å². The molecule has 0 radical (unpaired) electrons. The quantitative estimate of drug-likeness (QED) is 0.582. The van der Waals surface area contributed by atoms with Crippen molar-refractivity contribution >= 4 is 23.4 Å². The van der Waals surface area contributed by atoms with Crippen LogP contribution in [-0.4, -0.2) is 19.4 Å². The van der Waals surface area contributed by atoms with Gasteiger partial charge in [0.15, 0.2) is 0 Å². The molecule has 2 aromatic rings. The summed E-state index contributed by atoms with van der Waals surface area (Å²) in [7, 11) is 1.52. The Morgan fingerprint density at radius 3 is 2.53 bits per heavy atom. The van der Waals surface area contributed by atoms with Gasteiger partial charge in [-0.3, -0.25) is 4.90 Å². The number of methoxy groups -OCH3 is 1. The Hall–Kier alpha value is -2.85. The van der Waals surface area contributed by atoms with E-state index in [4.69, 9.17) is 21.1 Å². The number of nitrogens with zero attached hydrogens (tertiary/aromatic N) is 1. The minimum Gasteiger partial charge on any atom is -0.497 e. The smallest absolute Gasteiger partial charge is 0.445 e. The summed E-state index contributed by atoms with van der Waals surface area (Å²) in [6, 6.07) is 10.8. The number of anilines is 1. The van der Waals surface area contributed by atoms with E-state index in [1.807, 2.05) is 0 Å². The van der Waals surface area contributed by atoms with E-state index in [0.29, 0.717) is 11.3 Å². The number of amides is 1. The van der Waals surface area contributed by atoms with Crippen LogP contribution in [0.1, 0.15) is 24.0 Å². The van der Waals surface area contributed by atoms with Crippen LogP contribution in [0.5, 0.6) is 5.75 Å². The maximum atomic E-state index is 14.2. The molecule has 4 rings (SSSR count). The molecule has 0 bridgehead atoms. The molecule has 4 nitrogen and oxygen atoms in total. The Morgan fingerprint density at radius 2 is 1.93 bits per heavy atom. The van der Waals surface area contributed by atoms with Crippen LogP contribution >= 0.6 is 11.6 Å². The van der Waals surface area contributed by atoms with Crippen molar-refractivity contribution in [1.29, 1.82) is 0 Å². The molecule has 1 heterocycles. The molecule has 0 aromatic heterocycles. The number of hydrogen-bond donors (Lipinski definition) is 0. The summed E-state index contributed by atoms with van der Waals surface area (Å²) in [5.41, 5.74) is -2.58. The lowest BCUT2D eigenvalue weighted by atomic mass is 9.89. The van der Waals surface area contributed by atoms with Crippen LogP contribution in [0, 0.1) is 17.8 Å². The Bertz CT molecular complexity index is 1040. The maximum absolute atomic E-state index is 14.2. The molecule has 2 aromatic carbocycles. The Balaban J connectivity index is 1.80. The van der Waals surface area contributed by atoms with Crippen LogP contribution in [-0.2, 0) is 16.9 Å². The summed E-state index contributed by atoms with van der Waals surface area (Å²) in [4.78, 5) is 13.9. The molecule has 30 heavy (non-hydrogen) atoms. The molecule has 1 fully saturated rings. The second kappa shape index (κ2) is 7.44. The zero-order valence-corrected chi connectivity index (χ0v) is 16.7. The van der Waals surface area contributed by atoms with Gasteiger partial charge < -0.3 is 9.47 Å². The van der Waals surface area contributed by atoms with E-state index in [0.717, 1.165) is 17.7 Å². The third kappa shape index (κ3) is 3.68. The van der Waals surface area contributed by atoms with Crippen LogP contribution in [0.2, 0.25) is 5.02 Å². The second-order valence-electron chi connectivity index (χ2n) is 7.19. The van der Waals surface area contributed by atoms with Gasteiger partial charge >= 0.3 is 12.3 Å². The Kier molecular flexibility index (Phi) is 5.07. The average Bonchev–Trinajstić information content (AvgIpc) is 3.53. The van der Waals surface area contributed by atoms with Crippen molar-refractivity contribution in [1.82, 2.24) is 0 Å². The largest absolute Gasteiger partial charge is 0.497 e. The molecule has 0 N–H and O–H groups in total. The van der Waals surface area contributed by atoms with Crippen molar-refractivity contribution in [2.45, 2.75) is 31.2 Å². The number of ether oxygens (including phenoxy) is 2. The fourth-order valence-corrected chi connectivity index (χ4v) is 3.41. The monoisotopic (exact) mass is 435 g/mol. The first kappa shape index (κ1) is 20.4. The fourth-order valence-electron chi connectivity index (χ4n) is 3.23. The molecule has 0 spiro atoms. The van der Waals surface area contributed by atoms with Crippen molar-refractivity contribution in [2.75, 3.05) is 12.0 Å². The van der Waals surface area contributed by atoms with Crippen LogP contribution in [0.15, 0.2) is 42.5 Å². The molecular weight excluding hydrogens is 419 g/mol. The standard InChI is InChI=1S/C22H17ClF3NO3/c1-29-17-7-4-15(5-8-17)13-27-19-9-6-16(23)12-18(19)21(22(24,25)26,30-20(27)28)11-10-14-2-3-14/h4-9,12,14H,2-3,13H2,1H3. The molecule has 8 heteroatoms. The fraction of sp³-hybridized carbons (Fsp3) is 0.318. The predicted molar refractivity (Wildman–Crippen MR) is 105 cm³/mol. The van der Waals surface area contributed by atoms with E-state index >= 15 is 0 Å². The lowest BCUT2D eigenvalue weighted by Crippen LogP contribution is -2.52. The Labute approximate surface area is 176 Å². The van der Waals surface area contributed by atoms with Gasteiger partial charge in [0.05, 0.1) is 19.3 Å². The lowest BCUT2D eigenvalue weighted by Gasteiger charge is -2.40. The highest BCUT2D eigenvalue weighted by Gasteiger charge is 2.63. The van der Waals surface area contributed by atoms with Crippen molar-refractivity contribution in [3.8, 4) is 17.6 Å². The topological polar surface area (TPSA) is 38.8 Å². The summed E-state index contributed by atoms with van der Waals surface area (Å²) in [6.45, 7) is 0.0153. The van der Waals surface area contributed by atoms with E-state index in [9.17, 15) is 18.0 Å². The zero-order chi connectivity index (χ0) is 21.5. The maximum Gasteiger partial charge on any atom is 0.445 e. The number of carbonyl (C=O) groups excluding carboxylic acids is 1. The number of fused-ring (bicyclic) bond motifs is 1. The van der Waals surface area contributed by atoms with E-state index in [2.05, 4.69) is 11.8 Å². The molecular formula is C22H17ClF3NO3. The molecule has 156 valence electrons. The number of halogens is 4. The number of alkyl halides is 3. The van der Waals surface area contributed by atoms with Gasteiger partial charge in [0.1, 0.15) is 5.75 Å². The summed E-state index contributed by atoms with van der Waals surface area (Å²) in [5.74, 6) is 5.35. The van der Waals surface area contributed by atoms with E-state index in [-0.39, 0.29) is 28.7 Å². The highest BCUT2D eigenvalue weighted by Crippen LogP contribution is 2.50. The number of rotatable bonds is 3. The van der Waals surface area contributed by atoms with Crippen LogP contribution < -0.4 is 9.64 Å². The highest BCUT2D eigenvalue weighted by atomic mass is 35.5. The van der Waals surface area contributed by atoms with E-state index < -0.39 is 17.9 Å². The summed E-state index contributed by atoms with van der Waals surface area (Å²) < 4.78 is 52.8. The van der Waals surface area contributed by atoms with Crippen LogP contribution in [0.3, 0.4) is 0 Å². The molecule has 1 atom stereocenters. The van der Waals surface area contributed by atoms with Gasteiger partial charge in [-0.1, -0.05) is 29.7 Å². The van der Waals surface area contributed by atoms with Gasteiger partial charge in [0.25, 0.3) is 5.60 Å². The molecule has 1 saturated carbocycles. The first-order chi connectivity index (χ1) is 14.2. The molecule has 2 aliphatic rings. The predicted octanol–water partition coefficient (Wildman–Crippen LogP) is 5.68. The summed E-state index contributed by atoms with van der Waals surface area (Å²) in [6.07, 6.45) is -4.58. The minimum absolute atomic E-state index is 0.0153. The van der Waals surface area contributed by atoms with Gasteiger partial charge in [-0.25, -0.2) is 4.79 Å². The highest BCUT2D eigenvalue weighted by molar-refractivity contribution is 6.30. The molecule has 0 saturated heterocycles. The van der Waals surface area contributed by atoms with Gasteiger partial charge in [-0.15, -0.1) is 0 Å². The van der Waals surface area contributed by atoms with Crippen molar-refractivity contribution in [3.05, 3.63) is 58.6 Å². The first-order valence-electron chi connectivity index (χ1n) is 9.26. The van der Waals surface area contributed by atoms with Crippen molar-refractivity contribution in [3.63, 3.8) is 0 Å². The minimum atomic E-state index is -4.93. The number of carbonyl (C=O) groups is 1. The number of hydrogen-bond acceptors (Lipinski definition) is 3. The SMILES string of the molecule is COc1ccc(CN2C(=O)OC(C#CC3CC3)(C(F)(F)F)c3cc(Cl)ccc32)cc1.